The van der Waals surface area contributed by atoms with Crippen LogP contribution in [-0.4, -0.2) is 44.2 Å². The second kappa shape index (κ2) is 11.7. The van der Waals surface area contributed by atoms with Crippen LogP contribution in [0.3, 0.4) is 0 Å². The summed E-state index contributed by atoms with van der Waals surface area (Å²) in [4.78, 5) is 22.4. The minimum absolute atomic E-state index is 0.181. The van der Waals surface area contributed by atoms with E-state index in [4.69, 9.17) is 18.9 Å². The van der Waals surface area contributed by atoms with Crippen molar-refractivity contribution in [2.45, 2.75) is 59.4 Å². The zero-order valence-corrected chi connectivity index (χ0v) is 13.6. The van der Waals surface area contributed by atoms with Crippen molar-refractivity contribution >= 4 is 11.8 Å². The Kier molecular flexibility index (Phi) is 11.1. The van der Waals surface area contributed by atoms with Gasteiger partial charge in [-0.15, -0.1) is 0 Å². The first-order valence-electron chi connectivity index (χ1n) is 7.56. The molecule has 0 heterocycles. The van der Waals surface area contributed by atoms with Gasteiger partial charge in [0, 0.05) is 0 Å². The summed E-state index contributed by atoms with van der Waals surface area (Å²) in [5, 5.41) is 0. The standard InChI is InChI=1S/C15H28O6/c1-5-8-19-15(20-9-6-2,21-10-7-3)12-18-14(17)11-13(4)16/h5-12H2,1-4H3. The number of rotatable bonds is 13. The highest BCUT2D eigenvalue weighted by Crippen LogP contribution is 2.18. The lowest BCUT2D eigenvalue weighted by atomic mass is 10.3. The van der Waals surface area contributed by atoms with E-state index in [2.05, 4.69) is 0 Å². The van der Waals surface area contributed by atoms with E-state index in [-0.39, 0.29) is 18.8 Å². The molecule has 6 nitrogen and oxygen atoms in total. The van der Waals surface area contributed by atoms with Gasteiger partial charge in [-0.25, -0.2) is 0 Å². The predicted molar refractivity (Wildman–Crippen MR) is 77.7 cm³/mol. The molecule has 0 aliphatic carbocycles. The molecule has 124 valence electrons. The fourth-order valence-corrected chi connectivity index (χ4v) is 1.45. The molecule has 0 aliphatic heterocycles. The van der Waals surface area contributed by atoms with Crippen molar-refractivity contribution in [3.63, 3.8) is 0 Å². The molecule has 0 aromatic carbocycles. The lowest BCUT2D eigenvalue weighted by Gasteiger charge is -2.32. The molecule has 21 heavy (non-hydrogen) atoms. The van der Waals surface area contributed by atoms with Crippen LogP contribution in [0.15, 0.2) is 0 Å². The van der Waals surface area contributed by atoms with Gasteiger partial charge in [-0.05, 0) is 26.2 Å². The minimum Gasteiger partial charge on any atom is -0.457 e. The van der Waals surface area contributed by atoms with Crippen molar-refractivity contribution in [1.29, 1.82) is 0 Å². The Balaban J connectivity index is 4.69. The van der Waals surface area contributed by atoms with E-state index in [1.54, 1.807) is 0 Å². The van der Waals surface area contributed by atoms with Gasteiger partial charge in [0.2, 0.25) is 0 Å². The molecule has 0 rings (SSSR count). The molecule has 0 bridgehead atoms. The Hall–Kier alpha value is -0.980. The number of carbonyl (C=O) groups is 2. The first-order valence-corrected chi connectivity index (χ1v) is 7.56. The molecule has 0 aromatic rings. The summed E-state index contributed by atoms with van der Waals surface area (Å²) in [5.74, 6) is -2.23. The maximum atomic E-state index is 11.5. The molecule has 6 heteroatoms. The fraction of sp³-hybridized carbons (Fsp3) is 0.867. The second-order valence-corrected chi connectivity index (χ2v) is 4.77. The summed E-state index contributed by atoms with van der Waals surface area (Å²) in [6.07, 6.45) is 2.10. The molecular formula is C15H28O6. The van der Waals surface area contributed by atoms with E-state index in [0.29, 0.717) is 19.8 Å². The average molecular weight is 304 g/mol. The van der Waals surface area contributed by atoms with Gasteiger partial charge in [0.1, 0.15) is 12.2 Å². The highest BCUT2D eigenvalue weighted by atomic mass is 16.9. The van der Waals surface area contributed by atoms with Crippen LogP contribution >= 0.6 is 0 Å². The molecule has 0 fully saturated rings. The van der Waals surface area contributed by atoms with Gasteiger partial charge in [-0.3, -0.25) is 9.59 Å². The molecule has 0 radical (unpaired) electrons. The zero-order valence-electron chi connectivity index (χ0n) is 13.6. The largest absolute Gasteiger partial charge is 0.457 e. The number of esters is 1. The summed E-state index contributed by atoms with van der Waals surface area (Å²) >= 11 is 0. The summed E-state index contributed by atoms with van der Waals surface area (Å²) in [6.45, 7) is 8.33. The molecule has 0 spiro atoms. The summed E-state index contributed by atoms with van der Waals surface area (Å²) in [5.41, 5.74) is 0. The van der Waals surface area contributed by atoms with Crippen molar-refractivity contribution in [3.05, 3.63) is 0 Å². The van der Waals surface area contributed by atoms with Crippen molar-refractivity contribution < 1.29 is 28.5 Å². The van der Waals surface area contributed by atoms with Gasteiger partial charge < -0.3 is 18.9 Å². The van der Waals surface area contributed by atoms with Crippen LogP contribution in [-0.2, 0) is 28.5 Å². The van der Waals surface area contributed by atoms with Gasteiger partial charge in [-0.2, -0.15) is 0 Å². The number of hydrogen-bond acceptors (Lipinski definition) is 6. The zero-order chi connectivity index (χ0) is 16.1. The van der Waals surface area contributed by atoms with Gasteiger partial charge in [0.25, 0.3) is 0 Å². The molecule has 0 atom stereocenters. The van der Waals surface area contributed by atoms with E-state index in [9.17, 15) is 9.59 Å². The summed E-state index contributed by atoms with van der Waals surface area (Å²) < 4.78 is 22.0. The maximum absolute atomic E-state index is 11.5. The highest BCUT2D eigenvalue weighted by Gasteiger charge is 2.35. The molecule has 0 saturated heterocycles. The summed E-state index contributed by atoms with van der Waals surface area (Å²) in [6, 6.07) is 0. The molecule has 0 N–H and O–H groups in total. The van der Waals surface area contributed by atoms with Crippen LogP contribution in [0.5, 0.6) is 0 Å². The molecule has 0 aromatic heterocycles. The first-order chi connectivity index (χ1) is 9.99. The van der Waals surface area contributed by atoms with Gasteiger partial charge in [-0.1, -0.05) is 20.8 Å². The lowest BCUT2D eigenvalue weighted by molar-refractivity contribution is -0.391. The molecule has 0 saturated carbocycles. The number of ketones is 1. The smallest absolute Gasteiger partial charge is 0.319 e. The third-order valence-corrected chi connectivity index (χ3v) is 2.38. The van der Waals surface area contributed by atoms with Gasteiger partial charge in [0.05, 0.1) is 19.8 Å². The van der Waals surface area contributed by atoms with Crippen molar-refractivity contribution in [2.75, 3.05) is 26.4 Å². The number of ether oxygens (including phenoxy) is 4. The highest BCUT2D eigenvalue weighted by molar-refractivity contribution is 5.94. The Bertz CT molecular complexity index is 281. The predicted octanol–water partition coefficient (Wildman–Crippen LogP) is 2.44. The third kappa shape index (κ3) is 9.55. The van der Waals surface area contributed by atoms with Crippen molar-refractivity contribution in [1.82, 2.24) is 0 Å². The molecular weight excluding hydrogens is 276 g/mol. The minimum atomic E-state index is -1.38. The lowest BCUT2D eigenvalue weighted by Crippen LogP contribution is -2.45. The van der Waals surface area contributed by atoms with E-state index < -0.39 is 11.9 Å². The van der Waals surface area contributed by atoms with Crippen LogP contribution in [0.25, 0.3) is 0 Å². The van der Waals surface area contributed by atoms with Crippen molar-refractivity contribution in [3.8, 4) is 0 Å². The number of carbonyl (C=O) groups excluding carboxylic acids is 2. The van der Waals surface area contributed by atoms with E-state index in [1.165, 1.54) is 6.92 Å². The van der Waals surface area contributed by atoms with Gasteiger partial charge >= 0.3 is 11.9 Å². The van der Waals surface area contributed by atoms with Crippen molar-refractivity contribution in [2.24, 2.45) is 0 Å². The van der Waals surface area contributed by atoms with Crippen LogP contribution in [0, 0.1) is 0 Å². The fourth-order valence-electron chi connectivity index (χ4n) is 1.45. The Morgan fingerprint density at radius 3 is 1.62 bits per heavy atom. The molecule has 0 amide bonds. The van der Waals surface area contributed by atoms with E-state index >= 15 is 0 Å². The Morgan fingerprint density at radius 1 is 0.857 bits per heavy atom. The van der Waals surface area contributed by atoms with Crippen LogP contribution in [0.1, 0.15) is 53.4 Å². The maximum Gasteiger partial charge on any atom is 0.319 e. The normalized spacial score (nSPS) is 11.4. The number of hydrogen-bond donors (Lipinski definition) is 0. The van der Waals surface area contributed by atoms with Gasteiger partial charge in [0.15, 0.2) is 6.61 Å². The van der Waals surface area contributed by atoms with Crippen LogP contribution in [0.4, 0.5) is 0 Å². The molecule has 0 aliphatic rings. The van der Waals surface area contributed by atoms with Crippen LogP contribution < -0.4 is 0 Å². The van der Waals surface area contributed by atoms with Crippen LogP contribution in [0.2, 0.25) is 0 Å². The SMILES string of the molecule is CCCOC(COC(=O)CC(C)=O)(OCCC)OCCC. The third-order valence-electron chi connectivity index (χ3n) is 2.38. The first kappa shape index (κ1) is 20.0. The quantitative estimate of drug-likeness (QED) is 0.296. The molecule has 0 unspecified atom stereocenters. The average Bonchev–Trinajstić information content (AvgIpc) is 2.45. The Morgan fingerprint density at radius 2 is 1.29 bits per heavy atom. The summed E-state index contributed by atoms with van der Waals surface area (Å²) in [7, 11) is 0. The monoisotopic (exact) mass is 304 g/mol. The number of Topliss-reactive ketones (excluding diaryl/α,β-unsaturated/α-hetero) is 1. The van der Waals surface area contributed by atoms with E-state index in [1.807, 2.05) is 20.8 Å². The second-order valence-electron chi connectivity index (χ2n) is 4.77. The Labute approximate surface area is 127 Å². The topological polar surface area (TPSA) is 71.1 Å². The van der Waals surface area contributed by atoms with E-state index in [0.717, 1.165) is 19.3 Å².